The first-order valence-corrected chi connectivity index (χ1v) is 2.75. The summed E-state index contributed by atoms with van der Waals surface area (Å²) < 4.78 is 0. The minimum Gasteiger partial charge on any atom is -0.0923 e. The van der Waals surface area contributed by atoms with Crippen LogP contribution in [0, 0.1) is 0 Å². The highest BCUT2D eigenvalue weighted by molar-refractivity contribution is 9.10. The summed E-state index contributed by atoms with van der Waals surface area (Å²) in [7, 11) is 0. The fraction of sp³-hybridized carbons (Fsp3) is 0.667. The van der Waals surface area contributed by atoms with Crippen LogP contribution in [0.5, 0.6) is 0 Å². The standard InChI is InChI=1S/C3H5BrS/c1-3(4)2-5/h2-3H,1H3. The molecule has 0 bridgehead atoms. The van der Waals surface area contributed by atoms with Crippen LogP contribution in [0.15, 0.2) is 0 Å². The van der Waals surface area contributed by atoms with E-state index in [-0.39, 0.29) is 0 Å². The van der Waals surface area contributed by atoms with E-state index >= 15 is 0 Å². The van der Waals surface area contributed by atoms with Crippen molar-refractivity contribution in [3.05, 3.63) is 0 Å². The zero-order valence-electron chi connectivity index (χ0n) is 2.94. The monoisotopic (exact) mass is 152 g/mol. The van der Waals surface area contributed by atoms with E-state index in [2.05, 4.69) is 28.1 Å². The van der Waals surface area contributed by atoms with Gasteiger partial charge < -0.3 is 0 Å². The van der Waals surface area contributed by atoms with Crippen LogP contribution in [-0.4, -0.2) is 10.2 Å². The number of halogens is 1. The van der Waals surface area contributed by atoms with Gasteiger partial charge in [0, 0.05) is 4.83 Å². The highest BCUT2D eigenvalue weighted by Crippen LogP contribution is 1.89. The van der Waals surface area contributed by atoms with Crippen LogP contribution >= 0.6 is 28.1 Å². The predicted molar refractivity (Wildman–Crippen MR) is 32.0 cm³/mol. The molecule has 30 valence electrons. The first kappa shape index (κ1) is 5.57. The zero-order valence-corrected chi connectivity index (χ0v) is 5.34. The number of rotatable bonds is 1. The van der Waals surface area contributed by atoms with Crippen molar-refractivity contribution in [2.75, 3.05) is 0 Å². The van der Waals surface area contributed by atoms with E-state index in [1.807, 2.05) is 6.92 Å². The summed E-state index contributed by atoms with van der Waals surface area (Å²) >= 11 is 7.72. The minimum atomic E-state index is 0.387. The Balaban J connectivity index is 2.83. The molecule has 0 heterocycles. The third kappa shape index (κ3) is 4.57. The average Bonchev–Trinajstić information content (AvgIpc) is 1.38. The van der Waals surface area contributed by atoms with Gasteiger partial charge in [0.1, 0.15) is 0 Å². The molecule has 0 saturated carbocycles. The molecule has 1 atom stereocenters. The van der Waals surface area contributed by atoms with Gasteiger partial charge in [0.15, 0.2) is 0 Å². The maximum Gasteiger partial charge on any atom is 0.0400 e. The molecule has 0 fully saturated rings. The molecule has 0 spiro atoms. The quantitative estimate of drug-likeness (QED) is 0.408. The Hall–Kier alpha value is 0.570. The third-order valence-corrected chi connectivity index (χ3v) is 1.21. The molecule has 0 aromatic carbocycles. The maximum atomic E-state index is 4.50. The summed E-state index contributed by atoms with van der Waals surface area (Å²) in [6.45, 7) is 1.98. The van der Waals surface area contributed by atoms with Crippen molar-refractivity contribution in [3.8, 4) is 0 Å². The van der Waals surface area contributed by atoms with Gasteiger partial charge in [-0.2, -0.15) is 0 Å². The molecule has 0 saturated heterocycles. The summed E-state index contributed by atoms with van der Waals surface area (Å²) in [5.74, 6) is 0. The highest BCUT2D eigenvalue weighted by Gasteiger charge is 1.78. The van der Waals surface area contributed by atoms with Gasteiger partial charge in [0.25, 0.3) is 0 Å². The van der Waals surface area contributed by atoms with Crippen molar-refractivity contribution in [2.45, 2.75) is 11.8 Å². The Morgan fingerprint density at radius 3 is 2.20 bits per heavy atom. The van der Waals surface area contributed by atoms with Crippen LogP contribution < -0.4 is 0 Å². The maximum absolute atomic E-state index is 4.50. The molecule has 0 N–H and O–H groups in total. The molecule has 1 unspecified atom stereocenters. The molecule has 0 nitrogen and oxygen atoms in total. The number of thiocarbonyl (C=S) groups is 1. The van der Waals surface area contributed by atoms with Crippen molar-refractivity contribution in [1.29, 1.82) is 0 Å². The van der Waals surface area contributed by atoms with E-state index < -0.39 is 0 Å². The van der Waals surface area contributed by atoms with Gasteiger partial charge in [-0.15, -0.1) is 0 Å². The summed E-state index contributed by atoms with van der Waals surface area (Å²) in [6, 6.07) is 0. The predicted octanol–water partition coefficient (Wildman–Crippen LogP) is 1.77. The number of hydrogen-bond donors (Lipinski definition) is 0. The molecule has 5 heavy (non-hydrogen) atoms. The lowest BCUT2D eigenvalue weighted by Crippen LogP contribution is -1.83. The van der Waals surface area contributed by atoms with Crippen LogP contribution in [0.25, 0.3) is 0 Å². The van der Waals surface area contributed by atoms with Crippen molar-refractivity contribution >= 4 is 33.5 Å². The Morgan fingerprint density at radius 2 is 2.20 bits per heavy atom. The zero-order chi connectivity index (χ0) is 4.28. The second-order valence-corrected chi connectivity index (χ2v) is 2.53. The van der Waals surface area contributed by atoms with Gasteiger partial charge in [-0.3, -0.25) is 0 Å². The van der Waals surface area contributed by atoms with E-state index in [0.29, 0.717) is 4.83 Å². The highest BCUT2D eigenvalue weighted by atomic mass is 79.9. The van der Waals surface area contributed by atoms with E-state index in [1.165, 1.54) is 0 Å². The Labute approximate surface area is 45.7 Å². The van der Waals surface area contributed by atoms with E-state index in [1.54, 1.807) is 5.37 Å². The smallest absolute Gasteiger partial charge is 0.0400 e. The van der Waals surface area contributed by atoms with Gasteiger partial charge in [0.05, 0.1) is 0 Å². The summed E-state index contributed by atoms with van der Waals surface area (Å²) in [5, 5.41) is 1.67. The lowest BCUT2D eigenvalue weighted by atomic mass is 10.6. The van der Waals surface area contributed by atoms with E-state index in [9.17, 15) is 0 Å². The summed E-state index contributed by atoms with van der Waals surface area (Å²) in [5.41, 5.74) is 0. The first-order valence-electron chi connectivity index (χ1n) is 1.36. The molecule has 0 aliphatic heterocycles. The molecule has 0 radical (unpaired) electrons. The summed E-state index contributed by atoms with van der Waals surface area (Å²) in [4.78, 5) is 0.387. The van der Waals surface area contributed by atoms with Crippen molar-refractivity contribution < 1.29 is 0 Å². The molecular formula is C3H5BrS. The third-order valence-electron chi connectivity index (χ3n) is 0.188. The van der Waals surface area contributed by atoms with Crippen LogP contribution in [0.1, 0.15) is 6.92 Å². The topological polar surface area (TPSA) is 0 Å². The lowest BCUT2D eigenvalue weighted by molar-refractivity contribution is 1.40. The van der Waals surface area contributed by atoms with Gasteiger partial charge in [-0.25, -0.2) is 0 Å². The van der Waals surface area contributed by atoms with Gasteiger partial charge in [0.2, 0.25) is 0 Å². The molecule has 0 aliphatic carbocycles. The lowest BCUT2D eigenvalue weighted by Gasteiger charge is -1.79. The largest absolute Gasteiger partial charge is 0.0923 e. The van der Waals surface area contributed by atoms with E-state index in [0.717, 1.165) is 0 Å². The molecule has 0 rings (SSSR count). The van der Waals surface area contributed by atoms with Gasteiger partial charge in [-0.1, -0.05) is 28.1 Å². The van der Waals surface area contributed by atoms with Crippen LogP contribution in [0.3, 0.4) is 0 Å². The van der Waals surface area contributed by atoms with Crippen LogP contribution in [-0.2, 0) is 0 Å². The SMILES string of the molecule is CC(Br)C=S. The van der Waals surface area contributed by atoms with Crippen molar-refractivity contribution in [2.24, 2.45) is 0 Å². The second kappa shape index (κ2) is 2.79. The molecule has 0 aliphatic rings. The van der Waals surface area contributed by atoms with Crippen molar-refractivity contribution in [3.63, 3.8) is 0 Å². The summed E-state index contributed by atoms with van der Waals surface area (Å²) in [6.07, 6.45) is 0. The van der Waals surface area contributed by atoms with Gasteiger partial charge in [-0.05, 0) is 12.3 Å². The average molecular weight is 153 g/mol. The molecule has 0 aromatic rings. The van der Waals surface area contributed by atoms with Gasteiger partial charge >= 0.3 is 0 Å². The fourth-order valence-corrected chi connectivity index (χ4v) is 0. The molecule has 2 heteroatoms. The van der Waals surface area contributed by atoms with E-state index in [4.69, 9.17) is 0 Å². The molecule has 0 amide bonds. The second-order valence-electron chi connectivity index (χ2n) is 0.814. The minimum absolute atomic E-state index is 0.387. The van der Waals surface area contributed by atoms with Crippen LogP contribution in [0.2, 0.25) is 0 Å². The number of alkyl halides is 1. The molecular weight excluding hydrogens is 148 g/mol. The molecule has 0 aromatic heterocycles. The van der Waals surface area contributed by atoms with Crippen LogP contribution in [0.4, 0.5) is 0 Å². The fourth-order valence-electron chi connectivity index (χ4n) is 0. The first-order chi connectivity index (χ1) is 2.27. The Kier molecular flexibility index (Phi) is 3.11. The Morgan fingerprint density at radius 1 is 2.00 bits per heavy atom. The Bertz CT molecular complexity index is 33.9. The normalized spacial score (nSPS) is 14.0. The van der Waals surface area contributed by atoms with Crippen molar-refractivity contribution in [1.82, 2.24) is 0 Å². The number of hydrogen-bond acceptors (Lipinski definition) is 1.